The average molecular weight is 267 g/mol. The van der Waals surface area contributed by atoms with Crippen LogP contribution in [0.25, 0.3) is 0 Å². The van der Waals surface area contributed by atoms with Crippen molar-refractivity contribution in [3.8, 4) is 11.5 Å². The molecule has 1 rings (SSSR count). The van der Waals surface area contributed by atoms with Gasteiger partial charge in [-0.25, -0.2) is 0 Å². The second-order valence-electron chi connectivity index (χ2n) is 4.74. The fraction of sp³-hybridized carbons (Fsp3) is 0.600. The molecule has 0 spiro atoms. The van der Waals surface area contributed by atoms with E-state index in [9.17, 15) is 0 Å². The highest BCUT2D eigenvalue weighted by Gasteiger charge is 2.11. The second-order valence-corrected chi connectivity index (χ2v) is 4.74. The van der Waals surface area contributed by atoms with Gasteiger partial charge in [-0.15, -0.1) is 0 Å². The van der Waals surface area contributed by atoms with Gasteiger partial charge >= 0.3 is 0 Å². The molecule has 0 radical (unpaired) electrons. The van der Waals surface area contributed by atoms with Crippen LogP contribution in [-0.2, 0) is 11.2 Å². The predicted molar refractivity (Wildman–Crippen MR) is 76.9 cm³/mol. The van der Waals surface area contributed by atoms with E-state index in [0.717, 1.165) is 29.9 Å². The van der Waals surface area contributed by atoms with Crippen molar-refractivity contribution in [3.05, 3.63) is 23.8 Å². The summed E-state index contributed by atoms with van der Waals surface area (Å²) in [5.74, 6) is 1.48. The molecule has 0 saturated heterocycles. The molecule has 19 heavy (non-hydrogen) atoms. The Balaban J connectivity index is 2.83. The monoisotopic (exact) mass is 267 g/mol. The molecule has 0 bridgehead atoms. The number of benzene rings is 1. The molecule has 0 aliphatic heterocycles. The van der Waals surface area contributed by atoms with Crippen LogP contribution in [0.15, 0.2) is 18.2 Å². The maximum absolute atomic E-state index is 5.98. The lowest BCUT2D eigenvalue weighted by molar-refractivity contribution is 0.0899. The molecule has 0 amide bonds. The van der Waals surface area contributed by atoms with Gasteiger partial charge in [-0.05, 0) is 37.5 Å². The maximum Gasteiger partial charge on any atom is 0.161 e. The van der Waals surface area contributed by atoms with Crippen LogP contribution >= 0.6 is 0 Å². The first-order valence-electron chi connectivity index (χ1n) is 6.68. The molecule has 1 aromatic rings. The Morgan fingerprint density at radius 1 is 1.21 bits per heavy atom. The van der Waals surface area contributed by atoms with E-state index in [4.69, 9.17) is 19.9 Å². The molecule has 4 nitrogen and oxygen atoms in total. The SMILES string of the molecule is CCC(N)Cc1ccc(OC)c(OC(C)COC)c1. The lowest BCUT2D eigenvalue weighted by Gasteiger charge is -2.18. The van der Waals surface area contributed by atoms with E-state index >= 15 is 0 Å². The van der Waals surface area contributed by atoms with E-state index < -0.39 is 0 Å². The Morgan fingerprint density at radius 2 is 1.95 bits per heavy atom. The summed E-state index contributed by atoms with van der Waals surface area (Å²) in [7, 11) is 3.30. The predicted octanol–water partition coefficient (Wildman–Crippen LogP) is 2.39. The molecule has 0 aliphatic carbocycles. The van der Waals surface area contributed by atoms with E-state index in [1.165, 1.54) is 0 Å². The number of ether oxygens (including phenoxy) is 3. The van der Waals surface area contributed by atoms with E-state index in [1.807, 2.05) is 25.1 Å². The van der Waals surface area contributed by atoms with Crippen LogP contribution < -0.4 is 15.2 Å². The summed E-state index contributed by atoms with van der Waals surface area (Å²) in [4.78, 5) is 0. The second kappa shape index (κ2) is 8.02. The van der Waals surface area contributed by atoms with E-state index in [-0.39, 0.29) is 12.1 Å². The summed E-state index contributed by atoms with van der Waals surface area (Å²) in [5, 5.41) is 0. The Bertz CT molecular complexity index is 382. The molecule has 2 unspecified atom stereocenters. The standard InChI is InChI=1S/C15H25NO3/c1-5-13(16)8-12-6-7-14(18-4)15(9-12)19-11(2)10-17-3/h6-7,9,11,13H,5,8,10,16H2,1-4H3. The zero-order valence-electron chi connectivity index (χ0n) is 12.3. The Morgan fingerprint density at radius 3 is 2.53 bits per heavy atom. The molecule has 0 saturated carbocycles. The van der Waals surface area contributed by atoms with Gasteiger partial charge in [-0.3, -0.25) is 0 Å². The number of methoxy groups -OCH3 is 2. The first-order chi connectivity index (χ1) is 9.10. The van der Waals surface area contributed by atoms with Crippen LogP contribution in [0, 0.1) is 0 Å². The quantitative estimate of drug-likeness (QED) is 0.785. The molecule has 4 heteroatoms. The van der Waals surface area contributed by atoms with E-state index in [0.29, 0.717) is 6.61 Å². The van der Waals surface area contributed by atoms with Crippen molar-refractivity contribution in [1.29, 1.82) is 0 Å². The topological polar surface area (TPSA) is 53.7 Å². The van der Waals surface area contributed by atoms with Crippen molar-refractivity contribution in [2.24, 2.45) is 5.73 Å². The van der Waals surface area contributed by atoms with Gasteiger partial charge in [0.25, 0.3) is 0 Å². The Kier molecular flexibility index (Phi) is 6.67. The first kappa shape index (κ1) is 15.8. The van der Waals surface area contributed by atoms with Crippen LogP contribution in [0.1, 0.15) is 25.8 Å². The summed E-state index contributed by atoms with van der Waals surface area (Å²) in [6.07, 6.45) is 1.78. The summed E-state index contributed by atoms with van der Waals surface area (Å²) in [6, 6.07) is 6.13. The Labute approximate surface area is 115 Å². The summed E-state index contributed by atoms with van der Waals surface area (Å²) >= 11 is 0. The van der Waals surface area contributed by atoms with Crippen LogP contribution in [0.4, 0.5) is 0 Å². The zero-order chi connectivity index (χ0) is 14.3. The number of rotatable bonds is 8. The number of hydrogen-bond acceptors (Lipinski definition) is 4. The summed E-state index contributed by atoms with van der Waals surface area (Å²) in [5.41, 5.74) is 7.14. The normalized spacial score (nSPS) is 13.9. The molecule has 2 N–H and O–H groups in total. The van der Waals surface area contributed by atoms with Gasteiger partial charge in [-0.1, -0.05) is 13.0 Å². The lowest BCUT2D eigenvalue weighted by atomic mass is 10.0. The molecular formula is C15H25NO3. The fourth-order valence-corrected chi connectivity index (χ4v) is 1.87. The van der Waals surface area contributed by atoms with Crippen molar-refractivity contribution < 1.29 is 14.2 Å². The molecule has 108 valence electrons. The zero-order valence-corrected chi connectivity index (χ0v) is 12.3. The van der Waals surface area contributed by atoms with Gasteiger partial charge in [0.05, 0.1) is 13.7 Å². The highest BCUT2D eigenvalue weighted by atomic mass is 16.5. The third-order valence-corrected chi connectivity index (χ3v) is 2.98. The van der Waals surface area contributed by atoms with Gasteiger partial charge in [0.15, 0.2) is 11.5 Å². The first-order valence-corrected chi connectivity index (χ1v) is 6.68. The number of hydrogen-bond donors (Lipinski definition) is 1. The fourth-order valence-electron chi connectivity index (χ4n) is 1.87. The van der Waals surface area contributed by atoms with Crippen molar-refractivity contribution in [3.63, 3.8) is 0 Å². The van der Waals surface area contributed by atoms with Crippen LogP contribution in [0.5, 0.6) is 11.5 Å². The molecule has 0 heterocycles. The molecule has 0 fully saturated rings. The number of nitrogens with two attached hydrogens (primary N) is 1. The molecule has 0 aromatic heterocycles. The molecule has 1 aromatic carbocycles. The van der Waals surface area contributed by atoms with Crippen molar-refractivity contribution in [1.82, 2.24) is 0 Å². The van der Waals surface area contributed by atoms with Crippen molar-refractivity contribution >= 4 is 0 Å². The maximum atomic E-state index is 5.98. The highest BCUT2D eigenvalue weighted by Crippen LogP contribution is 2.29. The van der Waals surface area contributed by atoms with Crippen LogP contribution in [0.2, 0.25) is 0 Å². The van der Waals surface area contributed by atoms with Gasteiger partial charge in [0, 0.05) is 13.2 Å². The minimum atomic E-state index is -0.0194. The smallest absolute Gasteiger partial charge is 0.161 e. The van der Waals surface area contributed by atoms with Gasteiger partial charge in [-0.2, -0.15) is 0 Å². The largest absolute Gasteiger partial charge is 0.493 e. The average Bonchev–Trinajstić information content (AvgIpc) is 2.39. The Hall–Kier alpha value is -1.26. The van der Waals surface area contributed by atoms with Crippen molar-refractivity contribution in [2.45, 2.75) is 38.8 Å². The van der Waals surface area contributed by atoms with Crippen molar-refractivity contribution in [2.75, 3.05) is 20.8 Å². The van der Waals surface area contributed by atoms with Crippen LogP contribution in [-0.4, -0.2) is 33.0 Å². The third kappa shape index (κ3) is 5.09. The van der Waals surface area contributed by atoms with Gasteiger partial charge < -0.3 is 19.9 Å². The third-order valence-electron chi connectivity index (χ3n) is 2.98. The van der Waals surface area contributed by atoms with Gasteiger partial charge in [0.1, 0.15) is 6.10 Å². The van der Waals surface area contributed by atoms with Gasteiger partial charge in [0.2, 0.25) is 0 Å². The van der Waals surface area contributed by atoms with Crippen LogP contribution in [0.3, 0.4) is 0 Å². The minimum Gasteiger partial charge on any atom is -0.493 e. The molecular weight excluding hydrogens is 242 g/mol. The molecule has 0 aliphatic rings. The van der Waals surface area contributed by atoms with E-state index in [2.05, 4.69) is 6.92 Å². The minimum absolute atomic E-state index is 0.0194. The summed E-state index contributed by atoms with van der Waals surface area (Å²) in [6.45, 7) is 4.60. The highest BCUT2D eigenvalue weighted by molar-refractivity contribution is 5.43. The molecule has 2 atom stereocenters. The van der Waals surface area contributed by atoms with E-state index in [1.54, 1.807) is 14.2 Å². The summed E-state index contributed by atoms with van der Waals surface area (Å²) < 4.78 is 16.2. The lowest BCUT2D eigenvalue weighted by Crippen LogP contribution is -2.21.